The maximum atomic E-state index is 12.8. The molecule has 0 unspecified atom stereocenters. The molecule has 0 fully saturated rings. The summed E-state index contributed by atoms with van der Waals surface area (Å²) in [6.45, 7) is 6.55. The minimum absolute atomic E-state index is 1.03. The Morgan fingerprint density at radius 2 is 0.950 bits per heavy atom. The van der Waals surface area contributed by atoms with Gasteiger partial charge >= 0.3 is 0 Å². The van der Waals surface area contributed by atoms with Crippen LogP contribution in [0, 0.1) is 0 Å². The van der Waals surface area contributed by atoms with E-state index >= 15 is 0 Å². The molecule has 0 aromatic heterocycles. The SMILES string of the molecule is CCCCC=CP(=O)(C=CCCCC)C=CCCCC. The highest BCUT2D eigenvalue weighted by molar-refractivity contribution is 7.73. The summed E-state index contributed by atoms with van der Waals surface area (Å²) in [6, 6.07) is 0. The molecule has 0 spiro atoms. The molecule has 20 heavy (non-hydrogen) atoms. The maximum absolute atomic E-state index is 12.8. The molecule has 0 aliphatic rings. The average molecular weight is 296 g/mol. The van der Waals surface area contributed by atoms with Crippen LogP contribution in [0.2, 0.25) is 0 Å². The van der Waals surface area contributed by atoms with E-state index in [-0.39, 0.29) is 0 Å². The first-order chi connectivity index (χ1) is 9.68. The molecule has 0 saturated carbocycles. The summed E-state index contributed by atoms with van der Waals surface area (Å²) in [6.07, 6.45) is 16.5. The Bertz CT molecular complexity index is 287. The fraction of sp³-hybridized carbons (Fsp3) is 0.667. The predicted octanol–water partition coefficient (Wildman–Crippen LogP) is 7.46. The van der Waals surface area contributed by atoms with E-state index in [0.29, 0.717) is 0 Å². The molecule has 0 N–H and O–H groups in total. The Balaban J connectivity index is 4.57. The molecule has 0 radical (unpaired) electrons. The summed E-state index contributed by atoms with van der Waals surface area (Å²) in [4.78, 5) is 0. The summed E-state index contributed by atoms with van der Waals surface area (Å²) in [7, 11) is -2.38. The predicted molar refractivity (Wildman–Crippen MR) is 93.6 cm³/mol. The Kier molecular flexibility index (Phi) is 13.1. The van der Waals surface area contributed by atoms with Crippen LogP contribution in [0.3, 0.4) is 0 Å². The Labute approximate surface area is 126 Å². The van der Waals surface area contributed by atoms with E-state index in [0.717, 1.165) is 19.3 Å². The molecular formula is C18H33OP. The summed E-state index contributed by atoms with van der Waals surface area (Å²) in [5.41, 5.74) is 0. The summed E-state index contributed by atoms with van der Waals surface area (Å²) in [5, 5.41) is 0. The van der Waals surface area contributed by atoms with Gasteiger partial charge in [0.2, 0.25) is 0 Å². The smallest absolute Gasteiger partial charge is 0.149 e. The van der Waals surface area contributed by atoms with Crippen LogP contribution in [0.15, 0.2) is 35.7 Å². The zero-order valence-corrected chi connectivity index (χ0v) is 14.6. The normalized spacial score (nSPS) is 15.6. The molecule has 0 aromatic carbocycles. The van der Waals surface area contributed by atoms with E-state index in [1.807, 2.05) is 17.5 Å². The molecule has 0 amide bonds. The van der Waals surface area contributed by atoms with E-state index in [1.165, 1.54) is 38.5 Å². The average Bonchev–Trinajstić information content (AvgIpc) is 2.45. The third kappa shape index (κ3) is 11.3. The number of hydrogen-bond donors (Lipinski definition) is 0. The van der Waals surface area contributed by atoms with E-state index in [1.54, 1.807) is 0 Å². The fourth-order valence-electron chi connectivity index (χ4n) is 1.83. The molecule has 1 nitrogen and oxygen atoms in total. The lowest BCUT2D eigenvalue weighted by Crippen LogP contribution is -1.73. The van der Waals surface area contributed by atoms with Crippen LogP contribution in [-0.2, 0) is 4.57 Å². The molecule has 2 heteroatoms. The fourth-order valence-corrected chi connectivity index (χ4v) is 3.57. The minimum atomic E-state index is -2.38. The van der Waals surface area contributed by atoms with Crippen LogP contribution in [0.4, 0.5) is 0 Å². The lowest BCUT2D eigenvalue weighted by molar-refractivity contribution is 0.591. The van der Waals surface area contributed by atoms with E-state index in [4.69, 9.17) is 0 Å². The van der Waals surface area contributed by atoms with E-state index in [2.05, 4.69) is 39.0 Å². The Hall–Kier alpha value is -0.550. The van der Waals surface area contributed by atoms with Gasteiger partial charge in [-0.1, -0.05) is 77.5 Å². The lowest BCUT2D eigenvalue weighted by Gasteiger charge is -2.04. The molecule has 0 atom stereocenters. The quantitative estimate of drug-likeness (QED) is 0.270. The van der Waals surface area contributed by atoms with Crippen molar-refractivity contribution in [3.8, 4) is 0 Å². The van der Waals surface area contributed by atoms with Crippen LogP contribution in [0.25, 0.3) is 0 Å². The Morgan fingerprint density at radius 3 is 1.20 bits per heavy atom. The standard InChI is InChI=1S/C18H33OP/c1-4-7-10-13-16-20(19,17-14-11-8-5-2)18-15-12-9-6-3/h13-18H,4-12H2,1-3H3. The van der Waals surface area contributed by atoms with Gasteiger partial charge in [0.15, 0.2) is 0 Å². The van der Waals surface area contributed by atoms with Crippen LogP contribution >= 0.6 is 7.14 Å². The molecule has 116 valence electrons. The first kappa shape index (κ1) is 19.4. The van der Waals surface area contributed by atoms with Crippen LogP contribution in [-0.4, -0.2) is 0 Å². The second kappa shape index (κ2) is 13.4. The molecule has 0 aliphatic heterocycles. The van der Waals surface area contributed by atoms with Crippen LogP contribution in [0.5, 0.6) is 0 Å². The highest BCUT2D eigenvalue weighted by atomic mass is 31.2. The summed E-state index contributed by atoms with van der Waals surface area (Å²) < 4.78 is 12.8. The minimum Gasteiger partial charge on any atom is -0.311 e. The van der Waals surface area contributed by atoms with Crippen molar-refractivity contribution in [2.45, 2.75) is 78.6 Å². The summed E-state index contributed by atoms with van der Waals surface area (Å²) in [5.74, 6) is 5.81. The summed E-state index contributed by atoms with van der Waals surface area (Å²) >= 11 is 0. The number of hydrogen-bond acceptors (Lipinski definition) is 1. The van der Waals surface area contributed by atoms with Crippen molar-refractivity contribution < 1.29 is 4.57 Å². The van der Waals surface area contributed by atoms with Gasteiger partial charge in [-0.2, -0.15) is 0 Å². The molecule has 0 heterocycles. The number of unbranched alkanes of at least 4 members (excludes halogenated alkanes) is 6. The van der Waals surface area contributed by atoms with Gasteiger partial charge in [0, 0.05) is 0 Å². The first-order valence-electron chi connectivity index (χ1n) is 8.30. The second-order valence-electron chi connectivity index (χ2n) is 5.34. The van der Waals surface area contributed by atoms with Gasteiger partial charge in [-0.05, 0) is 36.7 Å². The highest BCUT2D eigenvalue weighted by Gasteiger charge is 2.08. The Morgan fingerprint density at radius 1 is 0.650 bits per heavy atom. The van der Waals surface area contributed by atoms with Crippen molar-refractivity contribution >= 4 is 7.14 Å². The van der Waals surface area contributed by atoms with Crippen molar-refractivity contribution in [1.82, 2.24) is 0 Å². The highest BCUT2D eigenvalue weighted by Crippen LogP contribution is 2.51. The molecule has 0 saturated heterocycles. The van der Waals surface area contributed by atoms with Gasteiger partial charge in [0.05, 0.1) is 0 Å². The van der Waals surface area contributed by atoms with Gasteiger partial charge in [-0.3, -0.25) is 0 Å². The van der Waals surface area contributed by atoms with Gasteiger partial charge in [-0.25, -0.2) is 0 Å². The second-order valence-corrected chi connectivity index (χ2v) is 7.77. The molecule has 0 aliphatic carbocycles. The lowest BCUT2D eigenvalue weighted by atomic mass is 10.2. The van der Waals surface area contributed by atoms with Crippen molar-refractivity contribution in [3.05, 3.63) is 35.7 Å². The third-order valence-corrected chi connectivity index (χ3v) is 5.22. The zero-order chi connectivity index (χ0) is 15.1. The molecule has 0 bridgehead atoms. The van der Waals surface area contributed by atoms with Crippen molar-refractivity contribution in [2.24, 2.45) is 0 Å². The van der Waals surface area contributed by atoms with Crippen molar-refractivity contribution in [1.29, 1.82) is 0 Å². The van der Waals surface area contributed by atoms with Crippen LogP contribution in [0.1, 0.15) is 78.6 Å². The molecular weight excluding hydrogens is 263 g/mol. The van der Waals surface area contributed by atoms with E-state index in [9.17, 15) is 4.57 Å². The van der Waals surface area contributed by atoms with Gasteiger partial charge in [0.1, 0.15) is 7.14 Å². The number of allylic oxidation sites excluding steroid dienone is 3. The van der Waals surface area contributed by atoms with E-state index < -0.39 is 7.14 Å². The van der Waals surface area contributed by atoms with Gasteiger partial charge in [0.25, 0.3) is 0 Å². The van der Waals surface area contributed by atoms with Crippen molar-refractivity contribution in [3.63, 3.8) is 0 Å². The first-order valence-corrected chi connectivity index (χ1v) is 10.2. The van der Waals surface area contributed by atoms with Crippen molar-refractivity contribution in [2.75, 3.05) is 0 Å². The molecule has 0 aromatic rings. The third-order valence-electron chi connectivity index (χ3n) is 3.19. The monoisotopic (exact) mass is 296 g/mol. The topological polar surface area (TPSA) is 17.1 Å². The van der Waals surface area contributed by atoms with Crippen LogP contribution < -0.4 is 0 Å². The maximum Gasteiger partial charge on any atom is 0.149 e. The zero-order valence-electron chi connectivity index (χ0n) is 13.7. The largest absolute Gasteiger partial charge is 0.311 e. The molecule has 0 rings (SSSR count). The van der Waals surface area contributed by atoms with Gasteiger partial charge < -0.3 is 4.57 Å². The van der Waals surface area contributed by atoms with Gasteiger partial charge in [-0.15, -0.1) is 0 Å². The number of rotatable bonds is 12.